The van der Waals surface area contributed by atoms with E-state index in [4.69, 9.17) is 10.3 Å². The van der Waals surface area contributed by atoms with E-state index in [1.165, 1.54) is 0 Å². The Morgan fingerprint density at radius 1 is 1.47 bits per heavy atom. The fraction of sp³-hybridized carbons (Fsp3) is 0.818. The largest absolute Gasteiger partial charge is 0.339 e. The van der Waals surface area contributed by atoms with Gasteiger partial charge in [0.2, 0.25) is 5.89 Å². The third-order valence-corrected chi connectivity index (χ3v) is 3.06. The summed E-state index contributed by atoms with van der Waals surface area (Å²) >= 11 is 0. The lowest BCUT2D eigenvalue weighted by molar-refractivity contribution is 0.349. The molecule has 84 valence electrons. The lowest BCUT2D eigenvalue weighted by atomic mass is 10.1. The highest BCUT2D eigenvalue weighted by Crippen LogP contribution is 2.32. The normalized spacial score (nSPS) is 26.0. The summed E-state index contributed by atoms with van der Waals surface area (Å²) in [5.74, 6) is 2.06. The maximum atomic E-state index is 5.86. The van der Waals surface area contributed by atoms with Crippen LogP contribution < -0.4 is 5.73 Å². The SMILES string of the molecule is CCCCc1noc(C2CCC(N)C2)n1. The van der Waals surface area contributed by atoms with E-state index < -0.39 is 0 Å². The summed E-state index contributed by atoms with van der Waals surface area (Å²) < 4.78 is 5.28. The van der Waals surface area contributed by atoms with Crippen LogP contribution in [0.1, 0.15) is 56.7 Å². The first-order valence-corrected chi connectivity index (χ1v) is 5.87. The van der Waals surface area contributed by atoms with Crippen LogP contribution in [-0.4, -0.2) is 16.2 Å². The molecule has 2 rings (SSSR count). The van der Waals surface area contributed by atoms with Crippen molar-refractivity contribution in [2.75, 3.05) is 0 Å². The molecule has 2 atom stereocenters. The van der Waals surface area contributed by atoms with Crippen LogP contribution in [-0.2, 0) is 6.42 Å². The molecule has 0 aromatic carbocycles. The first-order valence-electron chi connectivity index (χ1n) is 5.87. The second-order valence-corrected chi connectivity index (χ2v) is 4.42. The smallest absolute Gasteiger partial charge is 0.229 e. The first-order chi connectivity index (χ1) is 7.29. The third kappa shape index (κ3) is 2.56. The minimum Gasteiger partial charge on any atom is -0.339 e. The zero-order valence-electron chi connectivity index (χ0n) is 9.28. The number of aryl methyl sites for hydroxylation is 1. The summed E-state index contributed by atoms with van der Waals surface area (Å²) in [5, 5.41) is 4.00. The molecule has 0 spiro atoms. The van der Waals surface area contributed by atoms with Gasteiger partial charge in [-0.05, 0) is 25.7 Å². The summed E-state index contributed by atoms with van der Waals surface area (Å²) in [5.41, 5.74) is 5.86. The average molecular weight is 209 g/mol. The van der Waals surface area contributed by atoms with Crippen LogP contribution in [0.25, 0.3) is 0 Å². The number of unbranched alkanes of at least 4 members (excludes halogenated alkanes) is 1. The van der Waals surface area contributed by atoms with E-state index in [-0.39, 0.29) is 0 Å². The molecule has 4 nitrogen and oxygen atoms in total. The summed E-state index contributed by atoms with van der Waals surface area (Å²) in [6, 6.07) is 0.320. The van der Waals surface area contributed by atoms with Crippen molar-refractivity contribution in [3.63, 3.8) is 0 Å². The van der Waals surface area contributed by atoms with Crippen LogP contribution in [0, 0.1) is 0 Å². The van der Waals surface area contributed by atoms with Crippen LogP contribution in [0.5, 0.6) is 0 Å². The van der Waals surface area contributed by atoms with Gasteiger partial charge in [-0.25, -0.2) is 0 Å². The number of rotatable bonds is 4. The Morgan fingerprint density at radius 3 is 3.00 bits per heavy atom. The van der Waals surface area contributed by atoms with Gasteiger partial charge in [0, 0.05) is 18.4 Å². The van der Waals surface area contributed by atoms with E-state index in [2.05, 4.69) is 17.1 Å². The maximum absolute atomic E-state index is 5.86. The lowest BCUT2D eigenvalue weighted by Gasteiger charge is -2.01. The molecule has 0 bridgehead atoms. The van der Waals surface area contributed by atoms with Crippen molar-refractivity contribution in [2.24, 2.45) is 5.73 Å². The average Bonchev–Trinajstić information content (AvgIpc) is 2.83. The maximum Gasteiger partial charge on any atom is 0.229 e. The summed E-state index contributed by atoms with van der Waals surface area (Å²) in [6.07, 6.45) is 6.39. The second kappa shape index (κ2) is 4.75. The standard InChI is InChI=1S/C11H19N3O/c1-2-3-4-10-13-11(15-14-10)8-5-6-9(12)7-8/h8-9H,2-7,12H2,1H3. The molecule has 2 unspecified atom stereocenters. The Balaban J connectivity index is 1.94. The predicted octanol–water partition coefficient (Wildman–Crippen LogP) is 2.01. The van der Waals surface area contributed by atoms with Crippen LogP contribution >= 0.6 is 0 Å². The molecule has 0 saturated heterocycles. The topological polar surface area (TPSA) is 64.9 Å². The summed E-state index contributed by atoms with van der Waals surface area (Å²) in [7, 11) is 0. The molecule has 4 heteroatoms. The van der Waals surface area contributed by atoms with Crippen molar-refractivity contribution >= 4 is 0 Å². The van der Waals surface area contributed by atoms with Crippen LogP contribution in [0.3, 0.4) is 0 Å². The van der Waals surface area contributed by atoms with Gasteiger partial charge < -0.3 is 10.3 Å². The highest BCUT2D eigenvalue weighted by Gasteiger charge is 2.27. The van der Waals surface area contributed by atoms with Gasteiger partial charge in [0.15, 0.2) is 5.82 Å². The van der Waals surface area contributed by atoms with Crippen LogP contribution in [0.15, 0.2) is 4.52 Å². The van der Waals surface area contributed by atoms with E-state index >= 15 is 0 Å². The second-order valence-electron chi connectivity index (χ2n) is 4.42. The molecule has 15 heavy (non-hydrogen) atoms. The predicted molar refractivity (Wildman–Crippen MR) is 57.5 cm³/mol. The van der Waals surface area contributed by atoms with Crippen molar-refractivity contribution in [1.29, 1.82) is 0 Å². The highest BCUT2D eigenvalue weighted by molar-refractivity contribution is 4.99. The molecule has 1 aromatic heterocycles. The Morgan fingerprint density at radius 2 is 2.33 bits per heavy atom. The molecule has 2 N–H and O–H groups in total. The fourth-order valence-corrected chi connectivity index (χ4v) is 2.11. The quantitative estimate of drug-likeness (QED) is 0.823. The number of nitrogens with two attached hydrogens (primary N) is 1. The van der Waals surface area contributed by atoms with Gasteiger partial charge in [0.25, 0.3) is 0 Å². The van der Waals surface area contributed by atoms with Gasteiger partial charge in [-0.1, -0.05) is 18.5 Å². The lowest BCUT2D eigenvalue weighted by Crippen LogP contribution is -2.14. The summed E-state index contributed by atoms with van der Waals surface area (Å²) in [4.78, 5) is 4.43. The van der Waals surface area contributed by atoms with Gasteiger partial charge >= 0.3 is 0 Å². The number of aromatic nitrogens is 2. The van der Waals surface area contributed by atoms with Crippen molar-refractivity contribution in [1.82, 2.24) is 10.1 Å². The van der Waals surface area contributed by atoms with E-state index in [0.717, 1.165) is 50.2 Å². The van der Waals surface area contributed by atoms with Gasteiger partial charge in [-0.3, -0.25) is 0 Å². The monoisotopic (exact) mass is 209 g/mol. The number of hydrogen-bond donors (Lipinski definition) is 1. The Labute approximate surface area is 90.2 Å². The van der Waals surface area contributed by atoms with Gasteiger partial charge in [0.05, 0.1) is 0 Å². The van der Waals surface area contributed by atoms with Gasteiger partial charge in [0.1, 0.15) is 0 Å². The number of hydrogen-bond acceptors (Lipinski definition) is 4. The molecule has 1 aromatic rings. The Bertz CT molecular complexity index is 311. The van der Waals surface area contributed by atoms with Gasteiger partial charge in [-0.15, -0.1) is 0 Å². The van der Waals surface area contributed by atoms with Crippen molar-refractivity contribution in [3.05, 3.63) is 11.7 Å². The van der Waals surface area contributed by atoms with Crippen molar-refractivity contribution in [3.8, 4) is 0 Å². The molecular weight excluding hydrogens is 190 g/mol. The minimum absolute atomic E-state index is 0.320. The van der Waals surface area contributed by atoms with E-state index in [9.17, 15) is 0 Å². The van der Waals surface area contributed by atoms with Gasteiger partial charge in [-0.2, -0.15) is 4.98 Å². The fourth-order valence-electron chi connectivity index (χ4n) is 2.11. The molecule has 1 aliphatic carbocycles. The zero-order valence-corrected chi connectivity index (χ0v) is 9.28. The van der Waals surface area contributed by atoms with Crippen molar-refractivity contribution in [2.45, 2.75) is 57.4 Å². The van der Waals surface area contributed by atoms with E-state index in [0.29, 0.717) is 12.0 Å². The summed E-state index contributed by atoms with van der Waals surface area (Å²) in [6.45, 7) is 2.16. The number of nitrogens with zero attached hydrogens (tertiary/aromatic N) is 2. The van der Waals surface area contributed by atoms with Crippen molar-refractivity contribution < 1.29 is 4.52 Å². The Hall–Kier alpha value is -0.900. The zero-order chi connectivity index (χ0) is 10.7. The third-order valence-electron chi connectivity index (χ3n) is 3.06. The Kier molecular flexibility index (Phi) is 3.36. The van der Waals surface area contributed by atoms with E-state index in [1.807, 2.05) is 0 Å². The minimum atomic E-state index is 0.320. The molecule has 1 aliphatic rings. The molecule has 0 amide bonds. The molecule has 0 aliphatic heterocycles. The van der Waals surface area contributed by atoms with Crippen LogP contribution in [0.2, 0.25) is 0 Å². The molecule has 1 heterocycles. The first kappa shape index (κ1) is 10.6. The molecular formula is C11H19N3O. The molecule has 1 fully saturated rings. The molecule has 0 radical (unpaired) electrons. The van der Waals surface area contributed by atoms with E-state index in [1.54, 1.807) is 0 Å². The van der Waals surface area contributed by atoms with Crippen LogP contribution in [0.4, 0.5) is 0 Å². The highest BCUT2D eigenvalue weighted by atomic mass is 16.5. The molecule has 1 saturated carbocycles.